The van der Waals surface area contributed by atoms with Gasteiger partial charge >= 0.3 is 6.03 Å². The Morgan fingerprint density at radius 1 is 1.62 bits per heavy atom. The van der Waals surface area contributed by atoms with Crippen LogP contribution in [0, 0.1) is 0 Å². The minimum atomic E-state index is -0.385. The van der Waals surface area contributed by atoms with Crippen LogP contribution in [0.15, 0.2) is 12.5 Å². The number of nitrogens with two attached hydrogens (primary N) is 1. The molecular weight excluding hydrogens is 168 g/mol. The van der Waals surface area contributed by atoms with E-state index < -0.39 is 0 Å². The summed E-state index contributed by atoms with van der Waals surface area (Å²) >= 11 is 0. The molecule has 0 spiro atoms. The molecule has 0 fully saturated rings. The van der Waals surface area contributed by atoms with Crippen molar-refractivity contribution in [2.24, 2.45) is 5.73 Å². The first-order chi connectivity index (χ1) is 6.27. The molecule has 0 unspecified atom stereocenters. The van der Waals surface area contributed by atoms with Crippen LogP contribution in [-0.4, -0.2) is 27.4 Å². The third-order valence-corrected chi connectivity index (χ3v) is 2.18. The number of carbonyl (C=O) groups excluding carboxylic acids is 1. The summed E-state index contributed by atoms with van der Waals surface area (Å²) in [5.41, 5.74) is 7.18. The predicted octanol–water partition coefficient (Wildman–Crippen LogP) is -0.0866. The zero-order valence-corrected chi connectivity index (χ0v) is 7.10. The van der Waals surface area contributed by atoms with Crippen LogP contribution >= 0.6 is 0 Å². The Bertz CT molecular complexity index is 339. The van der Waals surface area contributed by atoms with Gasteiger partial charge in [0.1, 0.15) is 6.33 Å². The molecule has 0 saturated carbocycles. The van der Waals surface area contributed by atoms with Crippen molar-refractivity contribution in [2.75, 3.05) is 6.54 Å². The van der Waals surface area contributed by atoms with Gasteiger partial charge in [0.15, 0.2) is 0 Å². The van der Waals surface area contributed by atoms with Crippen LogP contribution in [0.3, 0.4) is 0 Å². The van der Waals surface area contributed by atoms with Gasteiger partial charge in [0.2, 0.25) is 0 Å². The number of aromatic nitrogens is 2. The maximum atomic E-state index is 10.9. The zero-order chi connectivity index (χ0) is 9.26. The maximum Gasteiger partial charge on any atom is 0.315 e. The second-order valence-electron chi connectivity index (χ2n) is 3.00. The zero-order valence-electron chi connectivity index (χ0n) is 7.10. The quantitative estimate of drug-likeness (QED) is 0.603. The molecular formula is C8H10N4O. The lowest BCUT2D eigenvalue weighted by Crippen LogP contribution is -2.39. The van der Waals surface area contributed by atoms with Gasteiger partial charge in [0.25, 0.3) is 0 Å². The molecule has 2 heterocycles. The largest absolute Gasteiger partial charge is 0.351 e. The number of urea groups is 1. The Balaban J connectivity index is 2.24. The van der Waals surface area contributed by atoms with Crippen LogP contribution in [0.2, 0.25) is 0 Å². The molecule has 1 aliphatic heterocycles. The minimum absolute atomic E-state index is 0.385. The number of amides is 2. The summed E-state index contributed by atoms with van der Waals surface area (Å²) in [6.45, 7) is 1.17. The number of nitrogens with zero attached hydrogens (tertiary/aromatic N) is 3. The number of rotatable bonds is 0. The van der Waals surface area contributed by atoms with Gasteiger partial charge in [-0.2, -0.15) is 0 Å². The average molecular weight is 178 g/mol. The Hall–Kier alpha value is -1.65. The predicted molar refractivity (Wildman–Crippen MR) is 45.7 cm³/mol. The van der Waals surface area contributed by atoms with E-state index in [0.29, 0.717) is 13.1 Å². The Morgan fingerprint density at radius 2 is 2.46 bits per heavy atom. The van der Waals surface area contributed by atoms with E-state index in [0.717, 1.165) is 17.7 Å². The highest BCUT2D eigenvalue weighted by atomic mass is 16.2. The van der Waals surface area contributed by atoms with Crippen molar-refractivity contribution in [2.45, 2.75) is 13.0 Å². The van der Waals surface area contributed by atoms with E-state index in [9.17, 15) is 4.79 Å². The van der Waals surface area contributed by atoms with Crippen molar-refractivity contribution < 1.29 is 4.79 Å². The van der Waals surface area contributed by atoms with Gasteiger partial charge < -0.3 is 10.6 Å². The Morgan fingerprint density at radius 3 is 3.23 bits per heavy atom. The molecule has 0 bridgehead atoms. The van der Waals surface area contributed by atoms with E-state index in [1.807, 2.05) is 0 Å². The number of hydrogen-bond acceptors (Lipinski definition) is 3. The highest BCUT2D eigenvalue weighted by Gasteiger charge is 2.19. The van der Waals surface area contributed by atoms with Gasteiger partial charge in [-0.25, -0.2) is 14.8 Å². The summed E-state index contributed by atoms with van der Waals surface area (Å²) in [4.78, 5) is 20.5. The molecule has 68 valence electrons. The molecule has 0 aliphatic carbocycles. The molecule has 0 aromatic carbocycles. The molecule has 0 radical (unpaired) electrons. The highest BCUT2D eigenvalue weighted by molar-refractivity contribution is 5.72. The fraction of sp³-hybridized carbons (Fsp3) is 0.375. The molecule has 0 atom stereocenters. The third kappa shape index (κ3) is 1.44. The second kappa shape index (κ2) is 3.01. The topological polar surface area (TPSA) is 72.1 Å². The van der Waals surface area contributed by atoms with Gasteiger partial charge in [-0.15, -0.1) is 0 Å². The maximum absolute atomic E-state index is 10.9. The monoisotopic (exact) mass is 178 g/mol. The van der Waals surface area contributed by atoms with E-state index in [1.54, 1.807) is 11.1 Å². The van der Waals surface area contributed by atoms with Crippen molar-refractivity contribution in [3.05, 3.63) is 23.8 Å². The van der Waals surface area contributed by atoms with Gasteiger partial charge in [0, 0.05) is 12.7 Å². The molecule has 1 aromatic rings. The van der Waals surface area contributed by atoms with Crippen LogP contribution in [0.4, 0.5) is 4.79 Å². The van der Waals surface area contributed by atoms with Gasteiger partial charge in [-0.3, -0.25) is 0 Å². The molecule has 1 aliphatic rings. The fourth-order valence-corrected chi connectivity index (χ4v) is 1.44. The third-order valence-electron chi connectivity index (χ3n) is 2.18. The standard InChI is InChI=1S/C8H10N4O/c9-8(13)12-2-1-6-3-10-5-11-7(6)4-12/h3,5H,1-2,4H2,(H2,9,13). The van der Waals surface area contributed by atoms with Crippen LogP contribution in [0.1, 0.15) is 11.3 Å². The summed E-state index contributed by atoms with van der Waals surface area (Å²) in [6.07, 6.45) is 4.07. The lowest BCUT2D eigenvalue weighted by atomic mass is 10.1. The lowest BCUT2D eigenvalue weighted by Gasteiger charge is -2.25. The van der Waals surface area contributed by atoms with Crippen molar-refractivity contribution in [3.63, 3.8) is 0 Å². The van der Waals surface area contributed by atoms with E-state index in [4.69, 9.17) is 5.73 Å². The first kappa shape index (κ1) is 7.97. The summed E-state index contributed by atoms with van der Waals surface area (Å²) in [5.74, 6) is 0. The molecule has 2 N–H and O–H groups in total. The molecule has 2 rings (SSSR count). The number of hydrogen-bond donors (Lipinski definition) is 1. The second-order valence-corrected chi connectivity index (χ2v) is 3.00. The van der Waals surface area contributed by atoms with E-state index in [1.165, 1.54) is 6.33 Å². The fourth-order valence-electron chi connectivity index (χ4n) is 1.44. The summed E-state index contributed by atoms with van der Waals surface area (Å²) in [6, 6.07) is -0.385. The van der Waals surface area contributed by atoms with Gasteiger partial charge in [0.05, 0.1) is 12.2 Å². The van der Waals surface area contributed by atoms with Crippen molar-refractivity contribution in [3.8, 4) is 0 Å². The molecule has 5 nitrogen and oxygen atoms in total. The summed E-state index contributed by atoms with van der Waals surface area (Å²) in [5, 5.41) is 0. The van der Waals surface area contributed by atoms with E-state index in [2.05, 4.69) is 9.97 Å². The number of primary amides is 1. The minimum Gasteiger partial charge on any atom is -0.351 e. The average Bonchev–Trinajstić information content (AvgIpc) is 2.17. The number of fused-ring (bicyclic) bond motifs is 1. The Labute approximate surface area is 75.6 Å². The van der Waals surface area contributed by atoms with E-state index in [-0.39, 0.29) is 6.03 Å². The Kier molecular flexibility index (Phi) is 1.84. The SMILES string of the molecule is NC(=O)N1CCc2cncnc2C1. The van der Waals surface area contributed by atoms with Gasteiger partial charge in [-0.05, 0) is 12.0 Å². The molecule has 13 heavy (non-hydrogen) atoms. The van der Waals surface area contributed by atoms with Gasteiger partial charge in [-0.1, -0.05) is 0 Å². The van der Waals surface area contributed by atoms with Crippen LogP contribution < -0.4 is 5.73 Å². The van der Waals surface area contributed by atoms with Crippen molar-refractivity contribution in [1.29, 1.82) is 0 Å². The number of carbonyl (C=O) groups is 1. The summed E-state index contributed by atoms with van der Waals surface area (Å²) in [7, 11) is 0. The first-order valence-electron chi connectivity index (χ1n) is 4.09. The molecule has 2 amide bonds. The van der Waals surface area contributed by atoms with Crippen molar-refractivity contribution in [1.82, 2.24) is 14.9 Å². The normalized spacial score (nSPS) is 15.2. The van der Waals surface area contributed by atoms with Crippen LogP contribution in [0.5, 0.6) is 0 Å². The van der Waals surface area contributed by atoms with Crippen LogP contribution in [-0.2, 0) is 13.0 Å². The van der Waals surface area contributed by atoms with E-state index >= 15 is 0 Å². The smallest absolute Gasteiger partial charge is 0.315 e. The molecule has 1 aromatic heterocycles. The lowest BCUT2D eigenvalue weighted by molar-refractivity contribution is 0.201. The van der Waals surface area contributed by atoms with Crippen LogP contribution in [0.25, 0.3) is 0 Å². The molecule has 5 heteroatoms. The first-order valence-corrected chi connectivity index (χ1v) is 4.09. The molecule has 0 saturated heterocycles. The van der Waals surface area contributed by atoms with Crippen molar-refractivity contribution >= 4 is 6.03 Å². The summed E-state index contributed by atoms with van der Waals surface area (Å²) < 4.78 is 0. The highest BCUT2D eigenvalue weighted by Crippen LogP contribution is 2.14.